The normalized spacial score (nSPS) is 10.7. The van der Waals surface area contributed by atoms with Crippen molar-refractivity contribution in [3.8, 4) is 5.75 Å². The van der Waals surface area contributed by atoms with Crippen LogP contribution in [-0.4, -0.2) is 23.5 Å². The molecule has 0 aliphatic carbocycles. The zero-order valence-corrected chi connectivity index (χ0v) is 13.3. The summed E-state index contributed by atoms with van der Waals surface area (Å²) in [5.74, 6) is -0.868. The van der Waals surface area contributed by atoms with Crippen molar-refractivity contribution in [2.75, 3.05) is 6.61 Å². The fourth-order valence-corrected chi connectivity index (χ4v) is 2.05. The van der Waals surface area contributed by atoms with Crippen molar-refractivity contribution < 1.29 is 19.4 Å². The SMILES string of the molecule is O=C(O)COc1ccc(C(=O)C=Cc2ccc(Cl)c(Cl)c2)cc1. The van der Waals surface area contributed by atoms with Crippen LogP contribution >= 0.6 is 23.2 Å². The fraction of sp³-hybridized carbons (Fsp3) is 0.0588. The quantitative estimate of drug-likeness (QED) is 0.621. The molecule has 0 amide bonds. The van der Waals surface area contributed by atoms with Gasteiger partial charge in [0.25, 0.3) is 0 Å². The average Bonchev–Trinajstić information content (AvgIpc) is 2.54. The predicted octanol–water partition coefficient (Wildman–Crippen LogP) is 4.35. The van der Waals surface area contributed by atoms with Gasteiger partial charge in [-0.3, -0.25) is 4.79 Å². The van der Waals surface area contributed by atoms with E-state index in [0.29, 0.717) is 21.4 Å². The van der Waals surface area contributed by atoms with Crippen molar-refractivity contribution in [3.05, 3.63) is 69.7 Å². The Kier molecular flexibility index (Phi) is 5.79. The Labute approximate surface area is 142 Å². The third-order valence-electron chi connectivity index (χ3n) is 2.87. The van der Waals surface area contributed by atoms with Crippen LogP contribution in [0.25, 0.3) is 6.08 Å². The van der Waals surface area contributed by atoms with E-state index in [0.717, 1.165) is 5.56 Å². The lowest BCUT2D eigenvalue weighted by Gasteiger charge is -2.03. The van der Waals surface area contributed by atoms with E-state index in [9.17, 15) is 9.59 Å². The molecule has 0 fully saturated rings. The first-order valence-corrected chi connectivity index (χ1v) is 7.33. The van der Waals surface area contributed by atoms with Gasteiger partial charge in [-0.25, -0.2) is 4.79 Å². The van der Waals surface area contributed by atoms with Crippen LogP contribution in [0.15, 0.2) is 48.5 Å². The van der Waals surface area contributed by atoms with Crippen molar-refractivity contribution in [1.29, 1.82) is 0 Å². The van der Waals surface area contributed by atoms with Gasteiger partial charge in [-0.1, -0.05) is 35.3 Å². The molecule has 118 valence electrons. The summed E-state index contributed by atoms with van der Waals surface area (Å²) >= 11 is 11.7. The van der Waals surface area contributed by atoms with Crippen LogP contribution in [0.4, 0.5) is 0 Å². The molecule has 0 unspecified atom stereocenters. The van der Waals surface area contributed by atoms with Crippen LogP contribution in [-0.2, 0) is 4.79 Å². The minimum atomic E-state index is -1.06. The van der Waals surface area contributed by atoms with Crippen molar-refractivity contribution in [3.63, 3.8) is 0 Å². The Bertz CT molecular complexity index is 752. The minimum Gasteiger partial charge on any atom is -0.482 e. The smallest absolute Gasteiger partial charge is 0.341 e. The van der Waals surface area contributed by atoms with Crippen molar-refractivity contribution >= 4 is 41.0 Å². The monoisotopic (exact) mass is 350 g/mol. The van der Waals surface area contributed by atoms with E-state index in [1.54, 1.807) is 48.5 Å². The summed E-state index contributed by atoms with van der Waals surface area (Å²) in [6.45, 7) is -0.426. The number of carbonyl (C=O) groups excluding carboxylic acids is 1. The van der Waals surface area contributed by atoms with E-state index in [4.69, 9.17) is 33.0 Å². The van der Waals surface area contributed by atoms with Crippen molar-refractivity contribution in [1.82, 2.24) is 0 Å². The molecular weight excluding hydrogens is 339 g/mol. The summed E-state index contributed by atoms with van der Waals surface area (Å²) in [5.41, 5.74) is 1.22. The molecule has 0 aromatic heterocycles. The number of aliphatic carboxylic acids is 1. The van der Waals surface area contributed by atoms with Crippen LogP contribution in [0, 0.1) is 0 Å². The largest absolute Gasteiger partial charge is 0.482 e. The minimum absolute atomic E-state index is 0.194. The van der Waals surface area contributed by atoms with E-state index in [2.05, 4.69) is 0 Å². The molecule has 6 heteroatoms. The number of carboxylic acid groups (broad SMARTS) is 1. The van der Waals surface area contributed by atoms with E-state index in [1.807, 2.05) is 0 Å². The maximum atomic E-state index is 12.1. The van der Waals surface area contributed by atoms with Gasteiger partial charge in [-0.15, -0.1) is 0 Å². The lowest BCUT2D eigenvalue weighted by molar-refractivity contribution is -0.139. The predicted molar refractivity (Wildman–Crippen MR) is 89.4 cm³/mol. The first-order valence-electron chi connectivity index (χ1n) is 6.58. The van der Waals surface area contributed by atoms with Crippen molar-refractivity contribution in [2.24, 2.45) is 0 Å². The number of carbonyl (C=O) groups is 2. The molecule has 0 saturated heterocycles. The number of hydrogen-bond donors (Lipinski definition) is 1. The Balaban J connectivity index is 2.03. The molecule has 1 N–H and O–H groups in total. The van der Waals surface area contributed by atoms with Gasteiger partial charge in [0.2, 0.25) is 0 Å². The number of halogens is 2. The molecule has 0 heterocycles. The molecule has 0 saturated carbocycles. The fourth-order valence-electron chi connectivity index (χ4n) is 1.74. The summed E-state index contributed by atoms with van der Waals surface area (Å²) < 4.78 is 5.00. The molecule has 2 aromatic carbocycles. The van der Waals surface area contributed by atoms with Crippen molar-refractivity contribution in [2.45, 2.75) is 0 Å². The Morgan fingerprint density at radius 3 is 2.35 bits per heavy atom. The highest BCUT2D eigenvalue weighted by Gasteiger charge is 2.04. The summed E-state index contributed by atoms with van der Waals surface area (Å²) in [4.78, 5) is 22.5. The number of ether oxygens (including phenoxy) is 1. The number of carboxylic acids is 1. The second-order valence-corrected chi connectivity index (χ2v) is 5.39. The first kappa shape index (κ1) is 17.1. The van der Waals surface area contributed by atoms with Gasteiger partial charge in [-0.05, 0) is 48.0 Å². The van der Waals surface area contributed by atoms with Crippen LogP contribution in [0.1, 0.15) is 15.9 Å². The van der Waals surface area contributed by atoms with Gasteiger partial charge < -0.3 is 9.84 Å². The molecule has 0 aliphatic rings. The summed E-state index contributed by atoms with van der Waals surface area (Å²) in [6.07, 6.45) is 3.06. The Morgan fingerprint density at radius 2 is 1.74 bits per heavy atom. The third-order valence-corrected chi connectivity index (χ3v) is 3.61. The molecule has 2 aromatic rings. The molecule has 0 spiro atoms. The van der Waals surface area contributed by atoms with Crippen LogP contribution in [0.5, 0.6) is 5.75 Å². The van der Waals surface area contributed by atoms with E-state index in [1.165, 1.54) is 6.08 Å². The molecule has 0 atom stereocenters. The second-order valence-electron chi connectivity index (χ2n) is 4.58. The maximum absolute atomic E-state index is 12.1. The summed E-state index contributed by atoms with van der Waals surface area (Å²) in [6, 6.07) is 11.3. The van der Waals surface area contributed by atoms with Gasteiger partial charge in [0, 0.05) is 5.56 Å². The number of rotatable bonds is 6. The number of benzene rings is 2. The zero-order valence-electron chi connectivity index (χ0n) is 11.8. The van der Waals surface area contributed by atoms with Crippen LogP contribution in [0.3, 0.4) is 0 Å². The van der Waals surface area contributed by atoms with E-state index >= 15 is 0 Å². The Hall–Kier alpha value is -2.30. The molecule has 0 radical (unpaired) electrons. The molecule has 2 rings (SSSR count). The van der Waals surface area contributed by atoms with Gasteiger partial charge >= 0.3 is 5.97 Å². The highest BCUT2D eigenvalue weighted by atomic mass is 35.5. The number of hydrogen-bond acceptors (Lipinski definition) is 3. The lowest BCUT2D eigenvalue weighted by atomic mass is 10.1. The molecule has 0 aliphatic heterocycles. The average molecular weight is 351 g/mol. The molecule has 0 bridgehead atoms. The third kappa shape index (κ3) is 5.13. The molecule has 4 nitrogen and oxygen atoms in total. The standard InChI is InChI=1S/C17H12Cl2O4/c18-14-7-1-11(9-15(14)19)2-8-16(20)12-3-5-13(6-4-12)23-10-17(21)22/h1-9H,10H2,(H,21,22). The van der Waals surface area contributed by atoms with Gasteiger partial charge in [0.15, 0.2) is 12.4 Å². The van der Waals surface area contributed by atoms with Gasteiger partial charge in [0.1, 0.15) is 5.75 Å². The summed E-state index contributed by atoms with van der Waals surface area (Å²) in [7, 11) is 0. The van der Waals surface area contributed by atoms with Gasteiger partial charge in [0.05, 0.1) is 10.0 Å². The molecule has 23 heavy (non-hydrogen) atoms. The lowest BCUT2D eigenvalue weighted by Crippen LogP contribution is -2.09. The van der Waals surface area contributed by atoms with E-state index in [-0.39, 0.29) is 5.78 Å². The van der Waals surface area contributed by atoms with Gasteiger partial charge in [-0.2, -0.15) is 0 Å². The summed E-state index contributed by atoms with van der Waals surface area (Å²) in [5, 5.41) is 9.40. The zero-order chi connectivity index (χ0) is 16.8. The first-order chi connectivity index (χ1) is 11.0. The highest BCUT2D eigenvalue weighted by Crippen LogP contribution is 2.23. The maximum Gasteiger partial charge on any atom is 0.341 e. The van der Waals surface area contributed by atoms with Crippen LogP contribution in [0.2, 0.25) is 10.0 Å². The number of allylic oxidation sites excluding steroid dienone is 1. The number of ketones is 1. The topological polar surface area (TPSA) is 63.6 Å². The Morgan fingerprint density at radius 1 is 1.04 bits per heavy atom. The van der Waals surface area contributed by atoms with E-state index < -0.39 is 12.6 Å². The highest BCUT2D eigenvalue weighted by molar-refractivity contribution is 6.42. The van der Waals surface area contributed by atoms with Crippen LogP contribution < -0.4 is 4.74 Å². The second kappa shape index (κ2) is 7.81. The molecular formula is C17H12Cl2O4.